The lowest BCUT2D eigenvalue weighted by Gasteiger charge is -2.19. The second-order valence-corrected chi connectivity index (χ2v) is 6.63. The van der Waals surface area contributed by atoms with Crippen LogP contribution in [0.4, 0.5) is 0 Å². The third kappa shape index (κ3) is 3.65. The van der Waals surface area contributed by atoms with Crippen LogP contribution in [0, 0.1) is 6.92 Å². The van der Waals surface area contributed by atoms with Gasteiger partial charge in [-0.1, -0.05) is 0 Å². The maximum atomic E-state index is 5.65. The van der Waals surface area contributed by atoms with Gasteiger partial charge in [0.25, 0.3) is 5.89 Å². The van der Waals surface area contributed by atoms with E-state index in [-0.39, 0.29) is 5.54 Å². The zero-order valence-electron chi connectivity index (χ0n) is 11.3. The highest BCUT2D eigenvalue weighted by molar-refractivity contribution is 7.15. The van der Waals surface area contributed by atoms with Crippen molar-refractivity contribution in [1.29, 1.82) is 0 Å². The van der Waals surface area contributed by atoms with Crippen LogP contribution in [0.5, 0.6) is 0 Å². The van der Waals surface area contributed by atoms with Gasteiger partial charge < -0.3 is 9.73 Å². The lowest BCUT2D eigenvalue weighted by atomic mass is 10.1. The van der Waals surface area contributed by atoms with E-state index >= 15 is 0 Å². The van der Waals surface area contributed by atoms with Crippen molar-refractivity contribution < 1.29 is 4.42 Å². The maximum Gasteiger partial charge on any atom is 0.257 e. The Bertz CT molecular complexity index is 510. The minimum atomic E-state index is 0.119. The molecule has 0 spiro atoms. The van der Waals surface area contributed by atoms with Gasteiger partial charge in [0, 0.05) is 23.4 Å². The summed E-state index contributed by atoms with van der Waals surface area (Å²) < 4.78 is 5.65. The van der Waals surface area contributed by atoms with Crippen molar-refractivity contribution in [3.8, 4) is 10.8 Å². The predicted octanol–water partition coefficient (Wildman–Crippen LogP) is 3.04. The third-order valence-corrected chi connectivity index (χ3v) is 3.40. The fourth-order valence-electron chi connectivity index (χ4n) is 1.55. The number of aryl methyl sites for hydroxylation is 1. The van der Waals surface area contributed by atoms with Crippen molar-refractivity contribution in [1.82, 2.24) is 15.5 Å². The molecule has 2 aromatic heterocycles. The zero-order chi connectivity index (χ0) is 13.2. The molecule has 5 heteroatoms. The smallest absolute Gasteiger partial charge is 0.257 e. The summed E-state index contributed by atoms with van der Waals surface area (Å²) in [5.41, 5.74) is 0.119. The lowest BCUT2D eigenvalue weighted by molar-refractivity contribution is 0.412. The van der Waals surface area contributed by atoms with Crippen molar-refractivity contribution in [3.05, 3.63) is 22.9 Å². The minimum Gasteiger partial charge on any atom is -0.420 e. The van der Waals surface area contributed by atoms with Gasteiger partial charge in [-0.15, -0.1) is 21.5 Å². The van der Waals surface area contributed by atoms with Crippen LogP contribution in [0.15, 0.2) is 16.5 Å². The van der Waals surface area contributed by atoms with Crippen molar-refractivity contribution in [2.75, 3.05) is 6.54 Å². The Morgan fingerprint density at radius 1 is 1.28 bits per heavy atom. The average Bonchev–Trinajstić information content (AvgIpc) is 2.85. The van der Waals surface area contributed by atoms with E-state index in [2.05, 4.69) is 49.3 Å². The molecule has 0 aromatic carbocycles. The van der Waals surface area contributed by atoms with Crippen LogP contribution >= 0.6 is 11.3 Å². The standard InChI is InChI=1S/C13H19N3OS/c1-9-5-6-10(18-9)12-16-15-11(17-12)7-8-14-13(2,3)4/h5-6,14H,7-8H2,1-4H3. The Morgan fingerprint density at radius 2 is 2.06 bits per heavy atom. The van der Waals surface area contributed by atoms with Crippen LogP contribution < -0.4 is 5.32 Å². The second kappa shape index (κ2) is 5.20. The molecule has 0 amide bonds. The molecule has 0 unspecified atom stereocenters. The van der Waals surface area contributed by atoms with Crippen molar-refractivity contribution in [3.63, 3.8) is 0 Å². The first kappa shape index (κ1) is 13.2. The van der Waals surface area contributed by atoms with Gasteiger partial charge in [-0.25, -0.2) is 0 Å². The van der Waals surface area contributed by atoms with Gasteiger partial charge in [0.1, 0.15) is 0 Å². The molecule has 2 rings (SSSR count). The monoisotopic (exact) mass is 265 g/mol. The van der Waals surface area contributed by atoms with Gasteiger partial charge in [0.15, 0.2) is 0 Å². The molecule has 0 atom stereocenters. The molecule has 0 aliphatic rings. The van der Waals surface area contributed by atoms with E-state index in [1.807, 2.05) is 6.07 Å². The van der Waals surface area contributed by atoms with Crippen molar-refractivity contribution >= 4 is 11.3 Å². The van der Waals surface area contributed by atoms with Gasteiger partial charge in [0.2, 0.25) is 5.89 Å². The molecule has 0 radical (unpaired) electrons. The van der Waals surface area contributed by atoms with Crippen molar-refractivity contribution in [2.24, 2.45) is 0 Å². The van der Waals surface area contributed by atoms with Gasteiger partial charge >= 0.3 is 0 Å². The first-order chi connectivity index (χ1) is 8.44. The topological polar surface area (TPSA) is 51.0 Å². The van der Waals surface area contributed by atoms with Gasteiger partial charge in [0.05, 0.1) is 4.88 Å². The highest BCUT2D eigenvalue weighted by Gasteiger charge is 2.12. The summed E-state index contributed by atoms with van der Waals surface area (Å²) in [6, 6.07) is 4.08. The largest absolute Gasteiger partial charge is 0.420 e. The van der Waals surface area contributed by atoms with E-state index in [0.717, 1.165) is 17.8 Å². The first-order valence-electron chi connectivity index (χ1n) is 6.08. The number of rotatable bonds is 4. The van der Waals surface area contributed by atoms with Crippen LogP contribution in [0.1, 0.15) is 31.5 Å². The van der Waals surface area contributed by atoms with Crippen LogP contribution in [-0.4, -0.2) is 22.3 Å². The molecule has 0 saturated carbocycles. The highest BCUT2D eigenvalue weighted by Crippen LogP contribution is 2.26. The highest BCUT2D eigenvalue weighted by atomic mass is 32.1. The van der Waals surface area contributed by atoms with Crippen molar-refractivity contribution in [2.45, 2.75) is 39.7 Å². The Balaban J connectivity index is 1.94. The second-order valence-electron chi connectivity index (χ2n) is 5.34. The number of aromatic nitrogens is 2. The molecule has 98 valence electrons. The molecule has 0 bridgehead atoms. The number of hydrogen-bond acceptors (Lipinski definition) is 5. The van der Waals surface area contributed by atoms with Gasteiger partial charge in [-0.2, -0.15) is 0 Å². The van der Waals surface area contributed by atoms with Crippen LogP contribution in [0.3, 0.4) is 0 Å². The summed E-state index contributed by atoms with van der Waals surface area (Å²) in [6.45, 7) is 9.33. The predicted molar refractivity (Wildman–Crippen MR) is 73.8 cm³/mol. The maximum absolute atomic E-state index is 5.65. The van der Waals surface area contributed by atoms with E-state index in [1.54, 1.807) is 11.3 Å². The van der Waals surface area contributed by atoms with Crippen LogP contribution in [0.25, 0.3) is 10.8 Å². The van der Waals surface area contributed by atoms with E-state index in [0.29, 0.717) is 11.8 Å². The number of hydrogen-bond donors (Lipinski definition) is 1. The molecule has 2 heterocycles. The number of nitrogens with zero attached hydrogens (tertiary/aromatic N) is 2. The van der Waals surface area contributed by atoms with Gasteiger partial charge in [-0.05, 0) is 39.8 Å². The summed E-state index contributed by atoms with van der Waals surface area (Å²) >= 11 is 1.67. The molecule has 2 aromatic rings. The molecule has 0 fully saturated rings. The fourth-order valence-corrected chi connectivity index (χ4v) is 2.34. The Hall–Kier alpha value is -1.20. The summed E-state index contributed by atoms with van der Waals surface area (Å²) in [6.07, 6.45) is 0.759. The first-order valence-corrected chi connectivity index (χ1v) is 6.90. The normalized spacial score (nSPS) is 12.0. The summed E-state index contributed by atoms with van der Waals surface area (Å²) in [5, 5.41) is 11.6. The Labute approximate surface area is 111 Å². The summed E-state index contributed by atoms with van der Waals surface area (Å²) in [4.78, 5) is 2.29. The van der Waals surface area contributed by atoms with E-state index in [4.69, 9.17) is 4.42 Å². The van der Waals surface area contributed by atoms with E-state index in [1.165, 1.54) is 4.88 Å². The van der Waals surface area contributed by atoms with Gasteiger partial charge in [-0.3, -0.25) is 0 Å². The minimum absolute atomic E-state index is 0.119. The summed E-state index contributed by atoms with van der Waals surface area (Å²) in [7, 11) is 0. The third-order valence-electron chi connectivity index (χ3n) is 2.41. The molecular weight excluding hydrogens is 246 g/mol. The molecule has 18 heavy (non-hydrogen) atoms. The average molecular weight is 265 g/mol. The molecule has 0 saturated heterocycles. The number of nitrogens with one attached hydrogen (secondary N) is 1. The van der Waals surface area contributed by atoms with E-state index < -0.39 is 0 Å². The zero-order valence-corrected chi connectivity index (χ0v) is 12.1. The molecular formula is C13H19N3OS. The Kier molecular flexibility index (Phi) is 3.82. The van der Waals surface area contributed by atoms with Crippen LogP contribution in [0.2, 0.25) is 0 Å². The van der Waals surface area contributed by atoms with Crippen LogP contribution in [-0.2, 0) is 6.42 Å². The molecule has 0 aliphatic heterocycles. The number of thiophene rings is 1. The lowest BCUT2D eigenvalue weighted by Crippen LogP contribution is -2.37. The fraction of sp³-hybridized carbons (Fsp3) is 0.538. The molecule has 1 N–H and O–H groups in total. The molecule has 0 aliphatic carbocycles. The quantitative estimate of drug-likeness (QED) is 0.923. The SMILES string of the molecule is Cc1ccc(-c2nnc(CCNC(C)(C)C)o2)s1. The van der Waals surface area contributed by atoms with E-state index in [9.17, 15) is 0 Å². The Morgan fingerprint density at radius 3 is 2.67 bits per heavy atom. The molecule has 4 nitrogen and oxygen atoms in total. The summed E-state index contributed by atoms with van der Waals surface area (Å²) in [5.74, 6) is 1.31.